The molecule has 1 aromatic carbocycles. The van der Waals surface area contributed by atoms with Crippen LogP contribution in [0, 0.1) is 11.7 Å². The number of carbonyl (C=O) groups excluding carboxylic acids is 1. The Hall–Kier alpha value is -1.47. The number of amides is 1. The van der Waals surface area contributed by atoms with Crippen molar-refractivity contribution in [2.24, 2.45) is 5.92 Å². The fraction of sp³-hybridized carbons (Fsp3) is 0.444. The van der Waals surface area contributed by atoms with Crippen LogP contribution in [0.2, 0.25) is 0 Å². The molecule has 2 aromatic rings. The van der Waals surface area contributed by atoms with Crippen LogP contribution >= 0.6 is 24.8 Å². The minimum atomic E-state index is -0.445. The van der Waals surface area contributed by atoms with E-state index in [9.17, 15) is 14.3 Å². The second-order valence-corrected chi connectivity index (χ2v) is 6.73. The number of aromatic nitrogens is 1. The van der Waals surface area contributed by atoms with Crippen LogP contribution in [0.5, 0.6) is 0 Å². The van der Waals surface area contributed by atoms with Crippen molar-refractivity contribution in [1.82, 2.24) is 15.6 Å². The largest absolute Gasteiger partial charge is 0.391 e. The number of aliphatic hydroxyl groups is 1. The van der Waals surface area contributed by atoms with E-state index in [0.717, 1.165) is 18.5 Å². The van der Waals surface area contributed by atoms with E-state index in [2.05, 4.69) is 15.6 Å². The van der Waals surface area contributed by atoms with Gasteiger partial charge < -0.3 is 15.7 Å². The van der Waals surface area contributed by atoms with Gasteiger partial charge >= 0.3 is 0 Å². The number of aliphatic hydroxyl groups excluding tert-OH is 1. The zero-order chi connectivity index (χ0) is 16.7. The third kappa shape index (κ3) is 4.26. The number of nitrogens with zero attached hydrogens (tertiary/aromatic N) is 1. The standard InChI is InChI=1S/C18H20FN3O2.2ClH/c19-12-3-4-15-13(5-12)14(6-16(22-15)10-1-2-10)18(24)21-8-11-7-20-9-17(11)23;;/h3-6,10-11,17,20,23H,1-2,7-9H2,(H,21,24);2*1H. The zero-order valence-corrected chi connectivity index (χ0v) is 15.7. The van der Waals surface area contributed by atoms with Gasteiger partial charge in [0.1, 0.15) is 5.82 Å². The van der Waals surface area contributed by atoms with E-state index in [1.165, 1.54) is 12.1 Å². The minimum Gasteiger partial charge on any atom is -0.391 e. The van der Waals surface area contributed by atoms with Gasteiger partial charge in [-0.1, -0.05) is 0 Å². The Balaban J connectivity index is 0.00000121. The lowest BCUT2D eigenvalue weighted by Crippen LogP contribution is -2.34. The van der Waals surface area contributed by atoms with E-state index in [1.54, 1.807) is 12.1 Å². The van der Waals surface area contributed by atoms with Gasteiger partial charge in [-0.05, 0) is 37.1 Å². The lowest BCUT2D eigenvalue weighted by Gasteiger charge is -2.15. The third-order valence-electron chi connectivity index (χ3n) is 4.86. The Bertz CT molecular complexity index is 801. The molecule has 0 bridgehead atoms. The summed E-state index contributed by atoms with van der Waals surface area (Å²) >= 11 is 0. The molecule has 2 unspecified atom stereocenters. The van der Waals surface area contributed by atoms with Gasteiger partial charge in [-0.3, -0.25) is 9.78 Å². The monoisotopic (exact) mass is 401 g/mol. The van der Waals surface area contributed by atoms with Crippen molar-refractivity contribution in [3.05, 3.63) is 41.3 Å². The quantitative estimate of drug-likeness (QED) is 0.735. The number of β-amino-alcohol motifs (C(OH)–C–C–N with tert-alkyl or cyclic N) is 1. The summed E-state index contributed by atoms with van der Waals surface area (Å²) in [4.78, 5) is 17.2. The first-order valence-corrected chi connectivity index (χ1v) is 8.39. The second-order valence-electron chi connectivity index (χ2n) is 6.73. The van der Waals surface area contributed by atoms with E-state index >= 15 is 0 Å². The molecule has 5 nitrogen and oxygen atoms in total. The van der Waals surface area contributed by atoms with Gasteiger partial charge in [0.2, 0.25) is 0 Å². The lowest BCUT2D eigenvalue weighted by atomic mass is 10.0. The van der Waals surface area contributed by atoms with Crippen molar-refractivity contribution in [1.29, 1.82) is 0 Å². The summed E-state index contributed by atoms with van der Waals surface area (Å²) in [6.45, 7) is 1.63. The first-order chi connectivity index (χ1) is 11.6. The first-order valence-electron chi connectivity index (χ1n) is 8.39. The molecule has 8 heteroatoms. The first kappa shape index (κ1) is 20.8. The van der Waals surface area contributed by atoms with Crippen LogP contribution in [-0.2, 0) is 0 Å². The summed E-state index contributed by atoms with van der Waals surface area (Å²) in [7, 11) is 0. The SMILES string of the molecule is Cl.Cl.O=C(NCC1CNCC1O)c1cc(C2CC2)nc2ccc(F)cc12. The fourth-order valence-corrected chi connectivity index (χ4v) is 3.24. The summed E-state index contributed by atoms with van der Waals surface area (Å²) < 4.78 is 13.6. The molecule has 1 aliphatic heterocycles. The van der Waals surface area contributed by atoms with Gasteiger partial charge in [0.05, 0.1) is 17.2 Å². The molecule has 0 spiro atoms. The molecule has 1 amide bonds. The van der Waals surface area contributed by atoms with Crippen LogP contribution in [0.1, 0.15) is 34.8 Å². The maximum Gasteiger partial charge on any atom is 0.252 e. The highest BCUT2D eigenvalue weighted by molar-refractivity contribution is 6.06. The Labute approximate surface area is 163 Å². The average molecular weight is 402 g/mol. The number of hydrogen-bond donors (Lipinski definition) is 3. The van der Waals surface area contributed by atoms with Crippen molar-refractivity contribution in [2.75, 3.05) is 19.6 Å². The van der Waals surface area contributed by atoms with Crippen molar-refractivity contribution in [3.63, 3.8) is 0 Å². The molecule has 1 saturated heterocycles. The van der Waals surface area contributed by atoms with Gasteiger partial charge in [-0.25, -0.2) is 4.39 Å². The predicted octanol–water partition coefficient (Wildman–Crippen LogP) is 2.41. The van der Waals surface area contributed by atoms with Gasteiger partial charge in [-0.15, -0.1) is 24.8 Å². The molecular formula is C18H22Cl2FN3O2. The average Bonchev–Trinajstić information content (AvgIpc) is 3.34. The summed E-state index contributed by atoms with van der Waals surface area (Å²) in [5.41, 5.74) is 2.01. The van der Waals surface area contributed by atoms with Crippen LogP contribution < -0.4 is 10.6 Å². The highest BCUT2D eigenvalue weighted by Gasteiger charge is 2.28. The van der Waals surface area contributed by atoms with Gasteiger partial charge in [0, 0.05) is 42.6 Å². The fourth-order valence-electron chi connectivity index (χ4n) is 3.24. The van der Waals surface area contributed by atoms with Crippen molar-refractivity contribution < 1.29 is 14.3 Å². The Morgan fingerprint density at radius 2 is 2.04 bits per heavy atom. The van der Waals surface area contributed by atoms with Crippen molar-refractivity contribution in [3.8, 4) is 0 Å². The minimum absolute atomic E-state index is 0. The molecule has 142 valence electrons. The molecule has 4 rings (SSSR count). The molecule has 1 aromatic heterocycles. The van der Waals surface area contributed by atoms with Gasteiger partial charge in [0.15, 0.2) is 0 Å². The van der Waals surface area contributed by atoms with E-state index in [0.29, 0.717) is 42.0 Å². The lowest BCUT2D eigenvalue weighted by molar-refractivity contribution is 0.0928. The molecular weight excluding hydrogens is 380 g/mol. The van der Waals surface area contributed by atoms with Crippen molar-refractivity contribution >= 4 is 41.6 Å². The van der Waals surface area contributed by atoms with E-state index in [4.69, 9.17) is 0 Å². The molecule has 2 atom stereocenters. The van der Waals surface area contributed by atoms with Crippen LogP contribution in [0.15, 0.2) is 24.3 Å². The molecule has 3 N–H and O–H groups in total. The third-order valence-corrected chi connectivity index (χ3v) is 4.86. The number of rotatable bonds is 4. The Morgan fingerprint density at radius 3 is 2.69 bits per heavy atom. The predicted molar refractivity (Wildman–Crippen MR) is 103 cm³/mol. The summed E-state index contributed by atoms with van der Waals surface area (Å²) in [5.74, 6) is -0.213. The number of benzene rings is 1. The van der Waals surface area contributed by atoms with Crippen LogP contribution in [-0.4, -0.2) is 41.7 Å². The number of carbonyl (C=O) groups is 1. The van der Waals surface area contributed by atoms with Gasteiger partial charge in [0.25, 0.3) is 5.91 Å². The van der Waals surface area contributed by atoms with Crippen LogP contribution in [0.25, 0.3) is 10.9 Å². The summed E-state index contributed by atoms with van der Waals surface area (Å²) in [5, 5.41) is 16.3. The van der Waals surface area contributed by atoms with E-state index in [1.807, 2.05) is 0 Å². The maximum absolute atomic E-state index is 13.6. The number of halogens is 3. The molecule has 1 saturated carbocycles. The van der Waals surface area contributed by atoms with E-state index in [-0.39, 0.29) is 42.5 Å². The highest BCUT2D eigenvalue weighted by Crippen LogP contribution is 2.40. The molecule has 0 radical (unpaired) electrons. The second kappa shape index (κ2) is 8.48. The Morgan fingerprint density at radius 1 is 1.27 bits per heavy atom. The summed E-state index contributed by atoms with van der Waals surface area (Å²) in [6.07, 6.45) is 1.72. The summed E-state index contributed by atoms with van der Waals surface area (Å²) in [6, 6.07) is 6.14. The normalized spacial score (nSPS) is 21.8. The molecule has 2 aliphatic rings. The molecule has 2 fully saturated rings. The van der Waals surface area contributed by atoms with E-state index < -0.39 is 6.10 Å². The number of hydrogen-bond acceptors (Lipinski definition) is 4. The van der Waals surface area contributed by atoms with Crippen molar-refractivity contribution in [2.45, 2.75) is 24.9 Å². The molecule has 2 heterocycles. The number of pyridine rings is 1. The zero-order valence-electron chi connectivity index (χ0n) is 14.1. The topological polar surface area (TPSA) is 74.2 Å². The van der Waals surface area contributed by atoms with Crippen LogP contribution in [0.4, 0.5) is 4.39 Å². The van der Waals surface area contributed by atoms with Crippen LogP contribution in [0.3, 0.4) is 0 Å². The number of nitrogens with one attached hydrogen (secondary N) is 2. The highest BCUT2D eigenvalue weighted by atomic mass is 35.5. The molecule has 26 heavy (non-hydrogen) atoms. The smallest absolute Gasteiger partial charge is 0.252 e. The maximum atomic E-state index is 13.6. The molecule has 1 aliphatic carbocycles. The Kier molecular flexibility index (Phi) is 6.80. The van der Waals surface area contributed by atoms with Gasteiger partial charge in [-0.2, -0.15) is 0 Å². The number of fused-ring (bicyclic) bond motifs is 1.